The molecular weight excluding hydrogens is 350 g/mol. The van der Waals surface area contributed by atoms with Crippen molar-refractivity contribution in [1.29, 1.82) is 0 Å². The van der Waals surface area contributed by atoms with Gasteiger partial charge in [0.15, 0.2) is 0 Å². The summed E-state index contributed by atoms with van der Waals surface area (Å²) in [7, 11) is 0. The van der Waals surface area contributed by atoms with Crippen molar-refractivity contribution >= 4 is 5.91 Å². The highest BCUT2D eigenvalue weighted by molar-refractivity contribution is 5.76. The monoisotopic (exact) mass is 381 g/mol. The zero-order valence-electron chi connectivity index (χ0n) is 16.9. The number of benzene rings is 1. The molecule has 1 spiro atoms. The zero-order valence-corrected chi connectivity index (χ0v) is 16.9. The Kier molecular flexibility index (Phi) is 5.76. The fraction of sp³-hybridized carbons (Fsp3) is 0.591. The first-order valence-electron chi connectivity index (χ1n) is 10.5. The predicted molar refractivity (Wildman–Crippen MR) is 109 cm³/mol. The van der Waals surface area contributed by atoms with Gasteiger partial charge < -0.3 is 4.90 Å². The van der Waals surface area contributed by atoms with Gasteiger partial charge in [-0.05, 0) is 44.7 Å². The number of amides is 1. The topological polar surface area (TPSA) is 54.3 Å². The molecule has 1 amide bonds. The van der Waals surface area contributed by atoms with Crippen LogP contribution in [0.2, 0.25) is 0 Å². The van der Waals surface area contributed by atoms with Crippen LogP contribution in [0, 0.1) is 12.3 Å². The molecule has 0 aliphatic carbocycles. The average molecular weight is 382 g/mol. The highest BCUT2D eigenvalue weighted by Crippen LogP contribution is 2.39. The van der Waals surface area contributed by atoms with Crippen LogP contribution < -0.4 is 0 Å². The van der Waals surface area contributed by atoms with E-state index in [4.69, 9.17) is 0 Å². The van der Waals surface area contributed by atoms with Gasteiger partial charge in [-0.25, -0.2) is 4.98 Å². The van der Waals surface area contributed by atoms with E-state index in [0.29, 0.717) is 17.7 Å². The van der Waals surface area contributed by atoms with E-state index < -0.39 is 0 Å². The molecule has 28 heavy (non-hydrogen) atoms. The normalized spacial score (nSPS) is 22.8. The summed E-state index contributed by atoms with van der Waals surface area (Å²) in [6.45, 7) is 8.07. The molecule has 0 bridgehead atoms. The molecule has 2 aliphatic heterocycles. The van der Waals surface area contributed by atoms with Gasteiger partial charge in [-0.15, -0.1) is 0 Å². The fourth-order valence-corrected chi connectivity index (χ4v) is 4.89. The van der Waals surface area contributed by atoms with Crippen molar-refractivity contribution in [3.05, 3.63) is 48.0 Å². The molecular formula is C22H31N5O. The van der Waals surface area contributed by atoms with Gasteiger partial charge in [0, 0.05) is 44.6 Å². The first-order chi connectivity index (χ1) is 13.6. The average Bonchev–Trinajstić information content (AvgIpc) is 3.32. The van der Waals surface area contributed by atoms with E-state index in [-0.39, 0.29) is 0 Å². The molecule has 6 nitrogen and oxygen atoms in total. The number of hydrogen-bond donors (Lipinski definition) is 0. The number of piperidine rings is 1. The van der Waals surface area contributed by atoms with Crippen LogP contribution in [0.4, 0.5) is 0 Å². The second-order valence-corrected chi connectivity index (χ2v) is 8.63. The summed E-state index contributed by atoms with van der Waals surface area (Å²) in [6, 6.07) is 8.83. The number of aryl methyl sites for hydroxylation is 2. The van der Waals surface area contributed by atoms with Gasteiger partial charge >= 0.3 is 0 Å². The molecule has 1 aromatic carbocycles. The maximum absolute atomic E-state index is 12.7. The summed E-state index contributed by atoms with van der Waals surface area (Å²) in [5.74, 6) is 0.299. The molecule has 3 heterocycles. The van der Waals surface area contributed by atoms with Crippen molar-refractivity contribution in [2.24, 2.45) is 5.41 Å². The van der Waals surface area contributed by atoms with E-state index in [1.165, 1.54) is 36.8 Å². The molecule has 0 unspecified atom stereocenters. The maximum atomic E-state index is 12.7. The largest absolute Gasteiger partial charge is 0.342 e. The van der Waals surface area contributed by atoms with Crippen LogP contribution in [0.3, 0.4) is 0 Å². The third-order valence-electron chi connectivity index (χ3n) is 6.26. The van der Waals surface area contributed by atoms with E-state index in [2.05, 4.69) is 51.1 Å². The Balaban J connectivity index is 1.28. The Labute approximate surface area is 167 Å². The van der Waals surface area contributed by atoms with Crippen molar-refractivity contribution in [3.63, 3.8) is 0 Å². The second-order valence-electron chi connectivity index (χ2n) is 8.63. The third-order valence-corrected chi connectivity index (χ3v) is 6.26. The van der Waals surface area contributed by atoms with Crippen LogP contribution >= 0.6 is 0 Å². The van der Waals surface area contributed by atoms with Crippen molar-refractivity contribution < 1.29 is 4.79 Å². The van der Waals surface area contributed by atoms with Gasteiger partial charge in [0.1, 0.15) is 12.7 Å². The van der Waals surface area contributed by atoms with Crippen molar-refractivity contribution in [2.75, 3.05) is 26.2 Å². The SMILES string of the molecule is Cc1cccc(CN2CCC[C@]3(CCN(C(=O)CCCn4cncn4)C3)C2)c1. The van der Waals surface area contributed by atoms with Crippen molar-refractivity contribution in [2.45, 2.75) is 52.1 Å². The first-order valence-corrected chi connectivity index (χ1v) is 10.5. The van der Waals surface area contributed by atoms with Crippen LogP contribution in [0.1, 0.15) is 43.2 Å². The fourth-order valence-electron chi connectivity index (χ4n) is 4.89. The Morgan fingerprint density at radius 3 is 2.96 bits per heavy atom. The lowest BCUT2D eigenvalue weighted by Crippen LogP contribution is -2.45. The highest BCUT2D eigenvalue weighted by atomic mass is 16.2. The van der Waals surface area contributed by atoms with Gasteiger partial charge in [-0.2, -0.15) is 5.10 Å². The molecule has 6 heteroatoms. The molecule has 2 aromatic rings. The van der Waals surface area contributed by atoms with Crippen LogP contribution in [0.25, 0.3) is 0 Å². The lowest BCUT2D eigenvalue weighted by Gasteiger charge is -2.40. The number of nitrogens with zero attached hydrogens (tertiary/aromatic N) is 5. The summed E-state index contributed by atoms with van der Waals surface area (Å²) in [6.07, 6.45) is 8.30. The molecule has 2 aliphatic rings. The minimum absolute atomic E-state index is 0.295. The summed E-state index contributed by atoms with van der Waals surface area (Å²) >= 11 is 0. The second kappa shape index (κ2) is 8.43. The number of likely N-dealkylation sites (tertiary alicyclic amines) is 2. The predicted octanol–water partition coefficient (Wildman–Crippen LogP) is 2.88. The van der Waals surface area contributed by atoms with E-state index in [1.807, 2.05) is 0 Å². The molecule has 4 rings (SSSR count). The Hall–Kier alpha value is -2.21. The van der Waals surface area contributed by atoms with Crippen LogP contribution in [-0.2, 0) is 17.9 Å². The quantitative estimate of drug-likeness (QED) is 0.772. The number of rotatable bonds is 6. The Bertz CT molecular complexity index is 790. The van der Waals surface area contributed by atoms with Gasteiger partial charge in [0.25, 0.3) is 0 Å². The first kappa shape index (κ1) is 19.1. The summed E-state index contributed by atoms with van der Waals surface area (Å²) < 4.78 is 1.79. The third kappa shape index (κ3) is 4.61. The molecule has 0 radical (unpaired) electrons. The molecule has 0 saturated carbocycles. The zero-order chi connectivity index (χ0) is 19.4. The lowest BCUT2D eigenvalue weighted by atomic mass is 9.79. The van der Waals surface area contributed by atoms with Gasteiger partial charge in [0.2, 0.25) is 5.91 Å². The van der Waals surface area contributed by atoms with Gasteiger partial charge in [0.05, 0.1) is 0 Å². The number of carbonyl (C=O) groups excluding carboxylic acids is 1. The summed E-state index contributed by atoms with van der Waals surface area (Å²) in [4.78, 5) is 21.3. The molecule has 2 fully saturated rings. The smallest absolute Gasteiger partial charge is 0.222 e. The Morgan fingerprint density at radius 1 is 1.21 bits per heavy atom. The minimum Gasteiger partial charge on any atom is -0.342 e. The molecule has 0 N–H and O–H groups in total. The highest BCUT2D eigenvalue weighted by Gasteiger charge is 2.42. The van der Waals surface area contributed by atoms with Crippen LogP contribution in [0.15, 0.2) is 36.9 Å². The van der Waals surface area contributed by atoms with E-state index in [0.717, 1.165) is 45.6 Å². The lowest BCUT2D eigenvalue weighted by molar-refractivity contribution is -0.130. The van der Waals surface area contributed by atoms with Crippen molar-refractivity contribution in [3.8, 4) is 0 Å². The van der Waals surface area contributed by atoms with Crippen molar-refractivity contribution in [1.82, 2.24) is 24.6 Å². The molecule has 1 aromatic heterocycles. The molecule has 150 valence electrons. The van der Waals surface area contributed by atoms with Gasteiger partial charge in [-0.3, -0.25) is 14.4 Å². The Morgan fingerprint density at radius 2 is 2.14 bits per heavy atom. The summed E-state index contributed by atoms with van der Waals surface area (Å²) in [5, 5.41) is 4.10. The molecule has 1 atom stereocenters. The van der Waals surface area contributed by atoms with Crippen LogP contribution in [0.5, 0.6) is 0 Å². The van der Waals surface area contributed by atoms with E-state index >= 15 is 0 Å². The van der Waals surface area contributed by atoms with E-state index in [9.17, 15) is 4.79 Å². The van der Waals surface area contributed by atoms with Gasteiger partial charge in [-0.1, -0.05) is 29.8 Å². The number of aromatic nitrogens is 3. The molecule has 2 saturated heterocycles. The standard InChI is InChI=1S/C22H31N5O/c1-19-5-2-6-20(13-19)14-25-10-4-8-22(15-25)9-12-26(16-22)21(28)7-3-11-27-18-23-17-24-27/h2,5-6,13,17-18H,3-4,7-12,14-16H2,1H3/t22-/m0/s1. The van der Waals surface area contributed by atoms with Crippen LogP contribution in [-0.4, -0.2) is 56.7 Å². The minimum atomic E-state index is 0.295. The summed E-state index contributed by atoms with van der Waals surface area (Å²) in [5.41, 5.74) is 3.02. The van der Waals surface area contributed by atoms with E-state index in [1.54, 1.807) is 11.0 Å². The number of carbonyl (C=O) groups is 1. The maximum Gasteiger partial charge on any atom is 0.222 e. The number of hydrogen-bond acceptors (Lipinski definition) is 4.